The van der Waals surface area contributed by atoms with E-state index in [1.165, 1.54) is 0 Å². The van der Waals surface area contributed by atoms with Crippen LogP contribution >= 0.6 is 0 Å². The zero-order valence-corrected chi connectivity index (χ0v) is 15.6. The largest absolute Gasteiger partial charge is 0.450 e. The van der Waals surface area contributed by atoms with Gasteiger partial charge in [0.25, 0.3) is 0 Å². The predicted molar refractivity (Wildman–Crippen MR) is 106 cm³/mol. The maximum Gasteiger partial charge on any atom is 0.411 e. The number of ether oxygens (including phenoxy) is 1. The van der Waals surface area contributed by atoms with Gasteiger partial charge in [-0.05, 0) is 49.9 Å². The van der Waals surface area contributed by atoms with E-state index in [4.69, 9.17) is 4.74 Å². The first-order valence-corrected chi connectivity index (χ1v) is 9.23. The quantitative estimate of drug-likeness (QED) is 0.691. The molecular formula is C21H25N3O3. The third-order valence-corrected chi connectivity index (χ3v) is 4.46. The summed E-state index contributed by atoms with van der Waals surface area (Å²) >= 11 is 0. The van der Waals surface area contributed by atoms with E-state index in [9.17, 15) is 9.59 Å². The number of amides is 2. The van der Waals surface area contributed by atoms with Gasteiger partial charge in [0, 0.05) is 17.4 Å². The second-order valence-electron chi connectivity index (χ2n) is 6.59. The lowest BCUT2D eigenvalue weighted by Crippen LogP contribution is -2.35. The maximum atomic E-state index is 12.8. The molecule has 3 rings (SSSR count). The van der Waals surface area contributed by atoms with E-state index in [2.05, 4.69) is 16.0 Å². The number of hydrogen-bond donors (Lipinski definition) is 3. The van der Waals surface area contributed by atoms with E-state index in [0.717, 1.165) is 29.7 Å². The van der Waals surface area contributed by atoms with E-state index >= 15 is 0 Å². The Labute approximate surface area is 159 Å². The molecule has 1 saturated carbocycles. The van der Waals surface area contributed by atoms with E-state index in [-0.39, 0.29) is 11.9 Å². The standard InChI is InChI=1S/C21H25N3O3/c1-3-27-21(26)24-18-11-7-10-17(14(18)2)23-19(15-8-5-4-6-9-15)20(25)22-16-12-13-16/h4-11,16,19,23H,3,12-13H2,1-2H3,(H,22,25)(H,24,26)/t19-/m0/s1. The van der Waals surface area contributed by atoms with E-state index in [1.54, 1.807) is 13.0 Å². The summed E-state index contributed by atoms with van der Waals surface area (Å²) in [5.41, 5.74) is 3.15. The molecule has 0 heterocycles. The topological polar surface area (TPSA) is 79.5 Å². The van der Waals surface area contributed by atoms with Crippen molar-refractivity contribution < 1.29 is 14.3 Å². The summed E-state index contributed by atoms with van der Waals surface area (Å²) in [4.78, 5) is 24.5. The summed E-state index contributed by atoms with van der Waals surface area (Å²) < 4.78 is 4.95. The summed E-state index contributed by atoms with van der Waals surface area (Å²) in [5.74, 6) is -0.0492. The fourth-order valence-electron chi connectivity index (χ4n) is 2.82. The lowest BCUT2D eigenvalue weighted by atomic mass is 10.0. The molecule has 2 aromatic carbocycles. The summed E-state index contributed by atoms with van der Waals surface area (Å²) in [6, 6.07) is 14.9. The van der Waals surface area contributed by atoms with Crippen molar-refractivity contribution in [3.8, 4) is 0 Å². The van der Waals surface area contributed by atoms with Gasteiger partial charge in [0.05, 0.1) is 6.61 Å². The highest BCUT2D eigenvalue weighted by atomic mass is 16.5. The highest BCUT2D eigenvalue weighted by Crippen LogP contribution is 2.28. The number of carbonyl (C=O) groups is 2. The van der Waals surface area contributed by atoms with Gasteiger partial charge in [-0.3, -0.25) is 10.1 Å². The summed E-state index contributed by atoms with van der Waals surface area (Å²) in [7, 11) is 0. The molecule has 0 unspecified atom stereocenters. The number of carbonyl (C=O) groups excluding carboxylic acids is 2. The van der Waals surface area contributed by atoms with Crippen molar-refractivity contribution in [3.05, 3.63) is 59.7 Å². The molecule has 1 fully saturated rings. The molecule has 0 bridgehead atoms. The lowest BCUT2D eigenvalue weighted by molar-refractivity contribution is -0.122. The van der Waals surface area contributed by atoms with Crippen LogP contribution in [0, 0.1) is 6.92 Å². The minimum absolute atomic E-state index is 0.0492. The minimum atomic E-state index is -0.511. The van der Waals surface area contributed by atoms with Crippen LogP contribution < -0.4 is 16.0 Å². The first kappa shape index (κ1) is 18.8. The number of nitrogens with one attached hydrogen (secondary N) is 3. The van der Waals surface area contributed by atoms with Crippen LogP contribution in [-0.4, -0.2) is 24.6 Å². The Morgan fingerprint density at radius 2 is 1.78 bits per heavy atom. The van der Waals surface area contributed by atoms with Crippen LogP contribution in [0.1, 0.15) is 36.9 Å². The van der Waals surface area contributed by atoms with Gasteiger partial charge in [-0.2, -0.15) is 0 Å². The van der Waals surface area contributed by atoms with Crippen LogP contribution in [0.2, 0.25) is 0 Å². The Bertz CT molecular complexity index is 804. The normalized spacial score (nSPS) is 14.1. The summed E-state index contributed by atoms with van der Waals surface area (Å²) in [5, 5.41) is 9.14. The number of benzene rings is 2. The molecule has 0 spiro atoms. The highest BCUT2D eigenvalue weighted by molar-refractivity contribution is 5.89. The molecule has 142 valence electrons. The fourth-order valence-corrected chi connectivity index (χ4v) is 2.82. The van der Waals surface area contributed by atoms with E-state index in [0.29, 0.717) is 12.3 Å². The Morgan fingerprint density at radius 3 is 2.44 bits per heavy atom. The molecule has 2 aromatic rings. The Kier molecular flexibility index (Phi) is 5.96. The molecule has 1 aliphatic carbocycles. The molecular weight excluding hydrogens is 342 g/mol. The Hall–Kier alpha value is -3.02. The molecule has 1 aliphatic rings. The van der Waals surface area contributed by atoms with Crippen LogP contribution in [-0.2, 0) is 9.53 Å². The van der Waals surface area contributed by atoms with Crippen molar-refractivity contribution in [3.63, 3.8) is 0 Å². The zero-order chi connectivity index (χ0) is 19.2. The Morgan fingerprint density at radius 1 is 1.07 bits per heavy atom. The third-order valence-electron chi connectivity index (χ3n) is 4.46. The van der Waals surface area contributed by atoms with Gasteiger partial charge in [-0.25, -0.2) is 4.79 Å². The van der Waals surface area contributed by atoms with E-state index < -0.39 is 12.1 Å². The molecule has 3 N–H and O–H groups in total. The van der Waals surface area contributed by atoms with Crippen molar-refractivity contribution in [1.82, 2.24) is 5.32 Å². The molecule has 1 atom stereocenters. The number of rotatable bonds is 7. The monoisotopic (exact) mass is 367 g/mol. The van der Waals surface area contributed by atoms with Crippen molar-refractivity contribution in [1.29, 1.82) is 0 Å². The highest BCUT2D eigenvalue weighted by Gasteiger charge is 2.28. The first-order valence-electron chi connectivity index (χ1n) is 9.23. The molecule has 6 heteroatoms. The third kappa shape index (κ3) is 5.00. The number of hydrogen-bond acceptors (Lipinski definition) is 4. The zero-order valence-electron chi connectivity index (χ0n) is 15.6. The SMILES string of the molecule is CCOC(=O)Nc1cccc(N[C@H](C(=O)NC2CC2)c2ccccc2)c1C. The molecule has 0 aromatic heterocycles. The van der Waals surface area contributed by atoms with Gasteiger partial charge in [-0.15, -0.1) is 0 Å². The fraction of sp³-hybridized carbons (Fsp3) is 0.333. The molecule has 0 radical (unpaired) electrons. The molecule has 0 aliphatic heterocycles. The van der Waals surface area contributed by atoms with Crippen LogP contribution in [0.25, 0.3) is 0 Å². The predicted octanol–water partition coefficient (Wildman–Crippen LogP) is 4.00. The smallest absolute Gasteiger partial charge is 0.411 e. The molecule has 27 heavy (non-hydrogen) atoms. The van der Waals surface area contributed by atoms with Crippen LogP contribution in [0.15, 0.2) is 48.5 Å². The maximum absolute atomic E-state index is 12.8. The molecule has 2 amide bonds. The van der Waals surface area contributed by atoms with Gasteiger partial charge in [-0.1, -0.05) is 36.4 Å². The minimum Gasteiger partial charge on any atom is -0.450 e. The van der Waals surface area contributed by atoms with Crippen molar-refractivity contribution in [2.75, 3.05) is 17.2 Å². The second-order valence-corrected chi connectivity index (χ2v) is 6.59. The van der Waals surface area contributed by atoms with E-state index in [1.807, 2.05) is 49.4 Å². The van der Waals surface area contributed by atoms with Crippen molar-refractivity contribution in [2.45, 2.75) is 38.8 Å². The molecule has 0 saturated heterocycles. The second kappa shape index (κ2) is 8.58. The van der Waals surface area contributed by atoms with Crippen LogP contribution in [0.3, 0.4) is 0 Å². The van der Waals surface area contributed by atoms with Gasteiger partial charge in [0.15, 0.2) is 0 Å². The lowest BCUT2D eigenvalue weighted by Gasteiger charge is -2.22. The van der Waals surface area contributed by atoms with Gasteiger partial charge < -0.3 is 15.4 Å². The summed E-state index contributed by atoms with van der Waals surface area (Å²) in [6.45, 7) is 3.96. The first-order chi connectivity index (χ1) is 13.1. The van der Waals surface area contributed by atoms with Gasteiger partial charge in [0.2, 0.25) is 5.91 Å². The van der Waals surface area contributed by atoms with Crippen molar-refractivity contribution in [2.24, 2.45) is 0 Å². The van der Waals surface area contributed by atoms with Crippen LogP contribution in [0.5, 0.6) is 0 Å². The average Bonchev–Trinajstić information content (AvgIpc) is 3.47. The van der Waals surface area contributed by atoms with Gasteiger partial charge >= 0.3 is 6.09 Å². The Balaban J connectivity index is 1.82. The summed E-state index contributed by atoms with van der Waals surface area (Å²) in [6.07, 6.45) is 1.57. The van der Waals surface area contributed by atoms with Crippen LogP contribution in [0.4, 0.5) is 16.2 Å². The number of anilines is 2. The average molecular weight is 367 g/mol. The van der Waals surface area contributed by atoms with Crippen molar-refractivity contribution >= 4 is 23.4 Å². The molecule has 6 nitrogen and oxygen atoms in total. The van der Waals surface area contributed by atoms with Gasteiger partial charge in [0.1, 0.15) is 6.04 Å².